The highest BCUT2D eigenvalue weighted by atomic mass is 14.2. The van der Waals surface area contributed by atoms with Crippen LogP contribution in [-0.2, 0) is 0 Å². The highest BCUT2D eigenvalue weighted by Gasteiger charge is 1.91. The van der Waals surface area contributed by atoms with E-state index in [1.165, 1.54) is 0 Å². The predicted molar refractivity (Wildman–Crippen MR) is 40.0 cm³/mol. The SMILES string of the molecule is N#CC1=C=C(C#N)C=CC=C1. The van der Waals surface area contributed by atoms with Gasteiger partial charge >= 0.3 is 0 Å². The van der Waals surface area contributed by atoms with Crippen LogP contribution in [-0.4, -0.2) is 0 Å². The van der Waals surface area contributed by atoms with Crippen molar-refractivity contribution in [3.63, 3.8) is 0 Å². The third-order valence-corrected chi connectivity index (χ3v) is 1.15. The standard InChI is InChI=1S/C9H4N2/c10-6-8-3-1-2-4-9(5-8)7-11/h1-4H. The molecule has 1 aliphatic rings. The number of hydrogen-bond acceptors (Lipinski definition) is 2. The normalized spacial score (nSPS) is 14.0. The highest BCUT2D eigenvalue weighted by Crippen LogP contribution is 2.02. The van der Waals surface area contributed by atoms with Gasteiger partial charge in [0.1, 0.15) is 12.1 Å². The minimum Gasteiger partial charge on any atom is -0.192 e. The monoisotopic (exact) mass is 140 g/mol. The summed E-state index contributed by atoms with van der Waals surface area (Å²) in [5.41, 5.74) is 3.41. The Labute approximate surface area is 64.7 Å². The molecule has 0 fully saturated rings. The van der Waals surface area contributed by atoms with Crippen LogP contribution in [0.25, 0.3) is 0 Å². The van der Waals surface area contributed by atoms with Crippen LogP contribution in [0.1, 0.15) is 0 Å². The molecule has 11 heavy (non-hydrogen) atoms. The minimum absolute atomic E-state index is 0.381. The molecule has 2 heteroatoms. The van der Waals surface area contributed by atoms with Crippen molar-refractivity contribution in [2.24, 2.45) is 0 Å². The number of rotatable bonds is 0. The zero-order valence-electron chi connectivity index (χ0n) is 5.70. The van der Waals surface area contributed by atoms with Crippen LogP contribution in [0.5, 0.6) is 0 Å². The van der Waals surface area contributed by atoms with Gasteiger partial charge in [-0.1, -0.05) is 17.9 Å². The molecule has 0 N–H and O–H groups in total. The number of hydrogen-bond donors (Lipinski definition) is 0. The lowest BCUT2D eigenvalue weighted by molar-refractivity contribution is 1.49. The van der Waals surface area contributed by atoms with E-state index in [4.69, 9.17) is 10.5 Å². The van der Waals surface area contributed by atoms with Gasteiger partial charge in [-0.05, 0) is 12.2 Å². The van der Waals surface area contributed by atoms with Crippen molar-refractivity contribution in [1.29, 1.82) is 10.5 Å². The van der Waals surface area contributed by atoms with Gasteiger partial charge in [0.2, 0.25) is 0 Å². The lowest BCUT2D eigenvalue weighted by atomic mass is 10.2. The van der Waals surface area contributed by atoms with Crippen LogP contribution in [0.4, 0.5) is 0 Å². The Hall–Kier alpha value is -2.02. The summed E-state index contributed by atoms with van der Waals surface area (Å²) in [7, 11) is 0. The third-order valence-electron chi connectivity index (χ3n) is 1.15. The molecular weight excluding hydrogens is 136 g/mol. The van der Waals surface area contributed by atoms with Crippen LogP contribution >= 0.6 is 0 Å². The predicted octanol–water partition coefficient (Wildman–Crippen LogP) is 1.61. The average molecular weight is 140 g/mol. The van der Waals surface area contributed by atoms with Gasteiger partial charge < -0.3 is 0 Å². The quantitative estimate of drug-likeness (QED) is 0.480. The van der Waals surface area contributed by atoms with Crippen molar-refractivity contribution in [3.05, 3.63) is 41.2 Å². The Kier molecular flexibility index (Phi) is 2.08. The van der Waals surface area contributed by atoms with Gasteiger partial charge in [0.05, 0.1) is 11.1 Å². The van der Waals surface area contributed by atoms with Gasteiger partial charge in [0.25, 0.3) is 0 Å². The zero-order chi connectivity index (χ0) is 8.10. The second-order valence-corrected chi connectivity index (χ2v) is 1.89. The first kappa shape index (κ1) is 7.09. The van der Waals surface area contributed by atoms with E-state index in [1.807, 2.05) is 12.1 Å². The first-order valence-electron chi connectivity index (χ1n) is 3.02. The van der Waals surface area contributed by atoms with Gasteiger partial charge in [0, 0.05) is 0 Å². The van der Waals surface area contributed by atoms with Crippen molar-refractivity contribution >= 4 is 0 Å². The minimum atomic E-state index is 0.381. The smallest absolute Gasteiger partial charge is 0.108 e. The number of nitriles is 2. The van der Waals surface area contributed by atoms with Crippen LogP contribution in [0, 0.1) is 22.7 Å². The summed E-state index contributed by atoms with van der Waals surface area (Å²) < 4.78 is 0. The molecule has 0 spiro atoms. The fraction of sp³-hybridized carbons (Fsp3) is 0. The molecule has 0 bridgehead atoms. The molecule has 0 atom stereocenters. The summed E-state index contributed by atoms with van der Waals surface area (Å²) in [6, 6.07) is 3.83. The number of allylic oxidation sites excluding steroid dienone is 5. The zero-order valence-corrected chi connectivity index (χ0v) is 5.70. The van der Waals surface area contributed by atoms with E-state index in [0.29, 0.717) is 11.1 Å². The van der Waals surface area contributed by atoms with Crippen molar-refractivity contribution in [2.45, 2.75) is 0 Å². The third kappa shape index (κ3) is 1.69. The average Bonchev–Trinajstić information content (AvgIpc) is 2.28. The highest BCUT2D eigenvalue weighted by molar-refractivity contribution is 5.44. The fourth-order valence-electron chi connectivity index (χ4n) is 0.662. The molecule has 50 valence electrons. The van der Waals surface area contributed by atoms with Gasteiger partial charge in [0.15, 0.2) is 0 Å². The topological polar surface area (TPSA) is 47.6 Å². The molecule has 2 nitrogen and oxygen atoms in total. The maximum absolute atomic E-state index is 8.48. The van der Waals surface area contributed by atoms with Crippen LogP contribution in [0.15, 0.2) is 41.2 Å². The van der Waals surface area contributed by atoms with E-state index >= 15 is 0 Å². The first-order chi connectivity index (χ1) is 5.36. The van der Waals surface area contributed by atoms with E-state index in [1.54, 1.807) is 24.3 Å². The van der Waals surface area contributed by atoms with E-state index in [9.17, 15) is 0 Å². The van der Waals surface area contributed by atoms with Crippen molar-refractivity contribution in [2.75, 3.05) is 0 Å². The van der Waals surface area contributed by atoms with Gasteiger partial charge in [-0.25, -0.2) is 0 Å². The van der Waals surface area contributed by atoms with E-state index in [-0.39, 0.29) is 0 Å². The molecule has 0 aromatic heterocycles. The van der Waals surface area contributed by atoms with Crippen molar-refractivity contribution in [3.8, 4) is 12.1 Å². The largest absolute Gasteiger partial charge is 0.192 e. The maximum Gasteiger partial charge on any atom is 0.108 e. The Morgan fingerprint density at radius 1 is 1.00 bits per heavy atom. The Bertz CT molecular complexity index is 329. The van der Waals surface area contributed by atoms with Crippen LogP contribution in [0.3, 0.4) is 0 Å². The molecule has 0 saturated heterocycles. The molecule has 0 amide bonds. The summed E-state index contributed by atoms with van der Waals surface area (Å²) in [5.74, 6) is 0. The molecule has 0 aromatic carbocycles. The van der Waals surface area contributed by atoms with Crippen molar-refractivity contribution < 1.29 is 0 Å². The Morgan fingerprint density at radius 2 is 1.45 bits per heavy atom. The molecule has 0 aromatic rings. The van der Waals surface area contributed by atoms with Crippen LogP contribution < -0.4 is 0 Å². The van der Waals surface area contributed by atoms with E-state index in [0.717, 1.165) is 0 Å². The van der Waals surface area contributed by atoms with Gasteiger partial charge in [-0.15, -0.1) is 0 Å². The molecule has 0 unspecified atom stereocenters. The molecule has 1 rings (SSSR count). The summed E-state index contributed by atoms with van der Waals surface area (Å²) in [4.78, 5) is 0. The summed E-state index contributed by atoms with van der Waals surface area (Å²) in [6.45, 7) is 0. The lowest BCUT2D eigenvalue weighted by Gasteiger charge is -1.76. The van der Waals surface area contributed by atoms with Gasteiger partial charge in [-0.3, -0.25) is 0 Å². The number of nitrogens with zero attached hydrogens (tertiary/aromatic N) is 2. The molecule has 1 aliphatic carbocycles. The summed E-state index contributed by atoms with van der Waals surface area (Å²) >= 11 is 0. The molecule has 0 saturated carbocycles. The second-order valence-electron chi connectivity index (χ2n) is 1.89. The van der Waals surface area contributed by atoms with Crippen molar-refractivity contribution in [1.82, 2.24) is 0 Å². The van der Waals surface area contributed by atoms with E-state index in [2.05, 4.69) is 5.73 Å². The molecule has 0 radical (unpaired) electrons. The van der Waals surface area contributed by atoms with Gasteiger partial charge in [-0.2, -0.15) is 10.5 Å². The molecule has 0 heterocycles. The fourth-order valence-corrected chi connectivity index (χ4v) is 0.662. The molecular formula is C9H4N2. The van der Waals surface area contributed by atoms with E-state index < -0.39 is 0 Å². The second kappa shape index (κ2) is 3.22. The lowest BCUT2D eigenvalue weighted by Crippen LogP contribution is -1.67. The molecule has 0 aliphatic heterocycles. The Balaban J connectivity index is 3.24. The summed E-state index contributed by atoms with van der Waals surface area (Å²) in [6.07, 6.45) is 6.63. The summed E-state index contributed by atoms with van der Waals surface area (Å²) in [5, 5.41) is 17.0. The van der Waals surface area contributed by atoms with Crippen LogP contribution in [0.2, 0.25) is 0 Å². The first-order valence-corrected chi connectivity index (χ1v) is 3.02. The maximum atomic E-state index is 8.48. The Morgan fingerprint density at radius 3 is 1.82 bits per heavy atom.